The lowest BCUT2D eigenvalue weighted by Crippen LogP contribution is -2.39. The quantitative estimate of drug-likeness (QED) is 0.770. The maximum Gasteiger partial charge on any atom is 0.410 e. The van der Waals surface area contributed by atoms with E-state index in [0.717, 1.165) is 10.4 Å². The van der Waals surface area contributed by atoms with E-state index >= 15 is 0 Å². The minimum atomic E-state index is -0.391. The fourth-order valence-electron chi connectivity index (χ4n) is 3.30. The van der Waals surface area contributed by atoms with Gasteiger partial charge in [-0.25, -0.2) is 9.48 Å². The van der Waals surface area contributed by atoms with Gasteiger partial charge < -0.3 is 9.64 Å². The first-order valence-electron chi connectivity index (χ1n) is 8.24. The molecule has 0 N–H and O–H groups in total. The molecule has 0 aromatic carbocycles. The molecule has 2 atom stereocenters. The molecule has 26 heavy (non-hydrogen) atoms. The molecule has 9 nitrogen and oxygen atoms in total. The van der Waals surface area contributed by atoms with Gasteiger partial charge in [-0.1, -0.05) is 6.07 Å². The molecule has 2 aromatic heterocycles. The Morgan fingerprint density at radius 2 is 2.08 bits per heavy atom. The summed E-state index contributed by atoms with van der Waals surface area (Å²) in [4.78, 5) is 43.7. The Hall–Kier alpha value is -3.23. The highest BCUT2D eigenvalue weighted by Crippen LogP contribution is 2.28. The summed E-state index contributed by atoms with van der Waals surface area (Å²) in [6, 6.07) is 8.01. The molecule has 0 aliphatic carbocycles. The van der Waals surface area contributed by atoms with Crippen molar-refractivity contribution >= 4 is 12.0 Å². The number of rotatable bonds is 3. The van der Waals surface area contributed by atoms with E-state index in [2.05, 4.69) is 10.1 Å². The molecular weight excluding hydrogens is 338 g/mol. The molecule has 0 radical (unpaired) electrons. The molecule has 134 valence electrons. The molecule has 2 aliphatic rings. The van der Waals surface area contributed by atoms with Gasteiger partial charge in [0.25, 0.3) is 11.5 Å². The molecule has 4 rings (SSSR count). The van der Waals surface area contributed by atoms with Crippen molar-refractivity contribution in [1.82, 2.24) is 24.6 Å². The lowest BCUT2D eigenvalue weighted by Gasteiger charge is -2.22. The number of hydrogen-bond donors (Lipinski definition) is 0. The van der Waals surface area contributed by atoms with Crippen molar-refractivity contribution in [3.8, 4) is 0 Å². The smallest absolute Gasteiger partial charge is 0.410 e. The third-order valence-corrected chi connectivity index (χ3v) is 4.65. The second-order valence-electron chi connectivity index (χ2n) is 6.33. The predicted octanol–water partition coefficient (Wildman–Crippen LogP) is 0.0207. The third kappa shape index (κ3) is 2.81. The third-order valence-electron chi connectivity index (χ3n) is 4.65. The molecule has 4 heterocycles. The van der Waals surface area contributed by atoms with Gasteiger partial charge in [0.15, 0.2) is 0 Å². The fraction of sp³-hybridized carbons (Fsp3) is 0.353. The maximum absolute atomic E-state index is 12.7. The number of carbonyl (C=O) groups excluding carboxylic acids is 2. The molecule has 0 saturated carbocycles. The van der Waals surface area contributed by atoms with Crippen molar-refractivity contribution in [1.29, 1.82) is 0 Å². The standard InChI is InChI=1S/C17H17N5O4/c1-20-15(23)6-5-12(19-20)16(24)21-9-13-14(10-21)26-17(25)22(13)8-11-4-2-3-7-18-11/h2-7,13-14H,8-10H2,1H3/t13-,14+/m1/s1. The topological polar surface area (TPSA) is 97.6 Å². The van der Waals surface area contributed by atoms with Gasteiger partial charge in [-0.05, 0) is 18.2 Å². The molecule has 0 spiro atoms. The van der Waals surface area contributed by atoms with E-state index in [4.69, 9.17) is 4.74 Å². The summed E-state index contributed by atoms with van der Waals surface area (Å²) in [5.74, 6) is -0.288. The molecular formula is C17H17N5O4. The zero-order valence-electron chi connectivity index (χ0n) is 14.1. The van der Waals surface area contributed by atoms with Crippen molar-refractivity contribution in [3.05, 3.63) is 58.3 Å². The largest absolute Gasteiger partial charge is 0.442 e. The van der Waals surface area contributed by atoms with E-state index in [-0.39, 0.29) is 29.3 Å². The Bertz CT molecular complexity index is 913. The number of likely N-dealkylation sites (tertiary alicyclic amines) is 1. The van der Waals surface area contributed by atoms with Gasteiger partial charge in [0.1, 0.15) is 11.8 Å². The Kier molecular flexibility index (Phi) is 3.90. The lowest BCUT2D eigenvalue weighted by molar-refractivity contribution is 0.0718. The number of hydrogen-bond acceptors (Lipinski definition) is 6. The molecule has 0 bridgehead atoms. The first-order valence-corrected chi connectivity index (χ1v) is 8.24. The highest BCUT2D eigenvalue weighted by atomic mass is 16.6. The van der Waals surface area contributed by atoms with Gasteiger partial charge in [0.05, 0.1) is 24.8 Å². The summed E-state index contributed by atoms with van der Waals surface area (Å²) < 4.78 is 6.54. The van der Waals surface area contributed by atoms with Crippen LogP contribution in [0.25, 0.3) is 0 Å². The Morgan fingerprint density at radius 3 is 2.81 bits per heavy atom. The maximum atomic E-state index is 12.7. The zero-order valence-corrected chi connectivity index (χ0v) is 14.1. The number of aryl methyl sites for hydroxylation is 1. The van der Waals surface area contributed by atoms with Crippen LogP contribution in [0.5, 0.6) is 0 Å². The molecule has 0 unspecified atom stereocenters. The minimum absolute atomic E-state index is 0.190. The van der Waals surface area contributed by atoms with E-state index in [1.165, 1.54) is 19.2 Å². The summed E-state index contributed by atoms with van der Waals surface area (Å²) in [6.45, 7) is 0.992. The first-order chi connectivity index (χ1) is 12.5. The average Bonchev–Trinajstić information content (AvgIpc) is 3.16. The van der Waals surface area contributed by atoms with Crippen LogP contribution in [-0.2, 0) is 18.3 Å². The van der Waals surface area contributed by atoms with Crippen molar-refractivity contribution in [2.24, 2.45) is 7.05 Å². The highest BCUT2D eigenvalue weighted by Gasteiger charge is 2.49. The summed E-state index contributed by atoms with van der Waals surface area (Å²) in [5.41, 5.74) is 0.666. The number of carbonyl (C=O) groups is 2. The molecule has 9 heteroatoms. The van der Waals surface area contributed by atoms with Crippen LogP contribution in [0.2, 0.25) is 0 Å². The van der Waals surface area contributed by atoms with Crippen molar-refractivity contribution in [2.75, 3.05) is 13.1 Å². The van der Waals surface area contributed by atoms with Gasteiger partial charge in [0.2, 0.25) is 0 Å². The van der Waals surface area contributed by atoms with E-state index in [9.17, 15) is 14.4 Å². The van der Waals surface area contributed by atoms with Crippen LogP contribution in [0.3, 0.4) is 0 Å². The summed E-state index contributed by atoms with van der Waals surface area (Å²) in [6.07, 6.45) is 0.907. The van der Waals surface area contributed by atoms with Crippen LogP contribution >= 0.6 is 0 Å². The van der Waals surface area contributed by atoms with Gasteiger partial charge in [-0.3, -0.25) is 19.5 Å². The van der Waals surface area contributed by atoms with Crippen molar-refractivity contribution < 1.29 is 14.3 Å². The van der Waals surface area contributed by atoms with E-state index in [1.54, 1.807) is 16.0 Å². The van der Waals surface area contributed by atoms with Crippen LogP contribution in [0.4, 0.5) is 4.79 Å². The molecule has 2 fully saturated rings. The highest BCUT2D eigenvalue weighted by molar-refractivity contribution is 5.92. The van der Waals surface area contributed by atoms with Crippen LogP contribution in [0, 0.1) is 0 Å². The van der Waals surface area contributed by atoms with Gasteiger partial charge in [-0.2, -0.15) is 5.10 Å². The predicted molar refractivity (Wildman–Crippen MR) is 89.2 cm³/mol. The molecule has 2 aliphatic heterocycles. The Balaban J connectivity index is 1.50. The summed E-state index contributed by atoms with van der Waals surface area (Å²) in [7, 11) is 1.49. The minimum Gasteiger partial charge on any atom is -0.442 e. The normalized spacial score (nSPS) is 21.7. The summed E-state index contributed by atoms with van der Waals surface area (Å²) in [5, 5.41) is 3.99. The van der Waals surface area contributed by atoms with Crippen LogP contribution in [0.15, 0.2) is 41.3 Å². The monoisotopic (exact) mass is 355 g/mol. The Morgan fingerprint density at radius 1 is 1.23 bits per heavy atom. The van der Waals surface area contributed by atoms with Crippen LogP contribution in [-0.4, -0.2) is 61.8 Å². The molecule has 2 amide bonds. The number of fused-ring (bicyclic) bond motifs is 1. The molecule has 2 aromatic rings. The number of ether oxygens (including phenoxy) is 1. The SMILES string of the molecule is Cn1nc(C(=O)N2C[C@@H]3OC(=O)N(Cc4ccccn4)[C@@H]3C2)ccc1=O. The van der Waals surface area contributed by atoms with E-state index < -0.39 is 6.09 Å². The lowest BCUT2D eigenvalue weighted by atomic mass is 10.2. The zero-order chi connectivity index (χ0) is 18.3. The second kappa shape index (κ2) is 6.25. The van der Waals surface area contributed by atoms with E-state index in [0.29, 0.717) is 19.6 Å². The number of aromatic nitrogens is 3. The van der Waals surface area contributed by atoms with Gasteiger partial charge in [-0.15, -0.1) is 0 Å². The van der Waals surface area contributed by atoms with Crippen molar-refractivity contribution in [2.45, 2.75) is 18.7 Å². The average molecular weight is 355 g/mol. The fourth-order valence-corrected chi connectivity index (χ4v) is 3.30. The first kappa shape index (κ1) is 16.2. The number of nitrogens with zero attached hydrogens (tertiary/aromatic N) is 5. The number of amides is 2. The Labute approximate surface area is 148 Å². The van der Waals surface area contributed by atoms with Crippen molar-refractivity contribution in [3.63, 3.8) is 0 Å². The van der Waals surface area contributed by atoms with E-state index in [1.807, 2.05) is 18.2 Å². The van der Waals surface area contributed by atoms with Gasteiger partial charge >= 0.3 is 6.09 Å². The second-order valence-corrected chi connectivity index (χ2v) is 6.33. The van der Waals surface area contributed by atoms with Gasteiger partial charge in [0, 0.05) is 25.9 Å². The van der Waals surface area contributed by atoms with Crippen LogP contribution in [0.1, 0.15) is 16.2 Å². The molecule has 2 saturated heterocycles. The number of pyridine rings is 1. The summed E-state index contributed by atoms with van der Waals surface area (Å²) >= 11 is 0. The van der Waals surface area contributed by atoms with Crippen LogP contribution < -0.4 is 5.56 Å².